The van der Waals surface area contributed by atoms with Crippen LogP contribution in [0, 0.1) is 0 Å². The molecule has 4 heteroatoms. The molecule has 0 heterocycles. The van der Waals surface area contributed by atoms with Gasteiger partial charge in [-0.3, -0.25) is 0 Å². The molecule has 1 rings (SSSR count). The first-order chi connectivity index (χ1) is 9.13. The van der Waals surface area contributed by atoms with Crippen LogP contribution in [0.4, 0.5) is 0 Å². The van der Waals surface area contributed by atoms with Gasteiger partial charge in [-0.05, 0) is 39.3 Å². The largest absolute Gasteiger partial charge is 0.507 e. The van der Waals surface area contributed by atoms with Crippen LogP contribution in [0.2, 0.25) is 0 Å². The molecule has 2 N–H and O–H groups in total. The fourth-order valence-corrected chi connectivity index (χ4v) is 1.71. The lowest BCUT2D eigenvalue weighted by molar-refractivity contribution is 0.0760. The molecule has 0 saturated heterocycles. The maximum atomic E-state index is 9.78. The number of hydrogen-bond acceptors (Lipinski definition) is 4. The average Bonchev–Trinajstić information content (AvgIpc) is 2.38. The van der Waals surface area contributed by atoms with Gasteiger partial charge in [0.1, 0.15) is 11.5 Å². The third-order valence-electron chi connectivity index (χ3n) is 2.81. The minimum atomic E-state index is 0.273. The van der Waals surface area contributed by atoms with Gasteiger partial charge in [0.05, 0.1) is 13.2 Å². The van der Waals surface area contributed by atoms with Gasteiger partial charge in [0.25, 0.3) is 0 Å². The van der Waals surface area contributed by atoms with Gasteiger partial charge < -0.3 is 19.9 Å². The summed E-state index contributed by atoms with van der Waals surface area (Å²) in [5.41, 5.74) is 0.888. The van der Waals surface area contributed by atoms with Crippen LogP contribution < -0.4 is 10.1 Å². The van der Waals surface area contributed by atoms with E-state index in [2.05, 4.69) is 5.32 Å². The number of benzene rings is 1. The van der Waals surface area contributed by atoms with E-state index in [0.29, 0.717) is 18.4 Å². The van der Waals surface area contributed by atoms with Crippen LogP contribution in [0.15, 0.2) is 18.2 Å². The summed E-state index contributed by atoms with van der Waals surface area (Å²) in [6.45, 7) is 6.50. The van der Waals surface area contributed by atoms with Crippen molar-refractivity contribution in [2.45, 2.75) is 39.3 Å². The lowest BCUT2D eigenvalue weighted by atomic mass is 10.2. The Balaban J connectivity index is 2.15. The molecule has 0 radical (unpaired) electrons. The molecule has 0 saturated carbocycles. The number of methoxy groups -OCH3 is 1. The van der Waals surface area contributed by atoms with Gasteiger partial charge in [0, 0.05) is 24.8 Å². The lowest BCUT2D eigenvalue weighted by Gasteiger charge is -2.09. The Morgan fingerprint density at radius 2 is 2.05 bits per heavy atom. The number of nitrogens with one attached hydrogen (secondary N) is 1. The highest BCUT2D eigenvalue weighted by Gasteiger charge is 2.02. The molecule has 0 aliphatic carbocycles. The van der Waals surface area contributed by atoms with E-state index in [9.17, 15) is 5.11 Å². The third-order valence-corrected chi connectivity index (χ3v) is 2.81. The van der Waals surface area contributed by atoms with E-state index in [-0.39, 0.29) is 5.75 Å². The summed E-state index contributed by atoms with van der Waals surface area (Å²) in [5.74, 6) is 0.946. The number of ether oxygens (including phenoxy) is 2. The van der Waals surface area contributed by atoms with E-state index in [1.165, 1.54) is 0 Å². The monoisotopic (exact) mass is 267 g/mol. The van der Waals surface area contributed by atoms with Gasteiger partial charge >= 0.3 is 0 Å². The van der Waals surface area contributed by atoms with Crippen LogP contribution in [0.1, 0.15) is 32.3 Å². The Kier molecular flexibility index (Phi) is 7.30. The van der Waals surface area contributed by atoms with Crippen LogP contribution in [0.5, 0.6) is 11.5 Å². The van der Waals surface area contributed by atoms with Crippen molar-refractivity contribution in [3.05, 3.63) is 23.8 Å². The van der Waals surface area contributed by atoms with Gasteiger partial charge in [-0.1, -0.05) is 6.07 Å². The summed E-state index contributed by atoms with van der Waals surface area (Å²) in [6.07, 6.45) is 2.44. The van der Waals surface area contributed by atoms with Crippen molar-refractivity contribution in [3.8, 4) is 11.5 Å². The van der Waals surface area contributed by atoms with Gasteiger partial charge in [-0.15, -0.1) is 0 Å². The van der Waals surface area contributed by atoms with Crippen molar-refractivity contribution < 1.29 is 14.6 Å². The maximum absolute atomic E-state index is 9.78. The van der Waals surface area contributed by atoms with Gasteiger partial charge in [0.15, 0.2) is 0 Å². The third kappa shape index (κ3) is 6.45. The molecule has 0 unspecified atom stereocenters. The Morgan fingerprint density at radius 1 is 1.26 bits per heavy atom. The predicted octanol–water partition coefficient (Wildman–Crippen LogP) is 2.70. The molecule has 0 aliphatic heterocycles. The summed E-state index contributed by atoms with van der Waals surface area (Å²) in [5, 5.41) is 13.1. The van der Waals surface area contributed by atoms with Gasteiger partial charge in [-0.2, -0.15) is 0 Å². The van der Waals surface area contributed by atoms with E-state index < -0.39 is 0 Å². The number of unbranched alkanes of at least 4 members (excludes halogenated alkanes) is 1. The molecule has 0 amide bonds. The smallest absolute Gasteiger partial charge is 0.123 e. The zero-order valence-corrected chi connectivity index (χ0v) is 12.1. The van der Waals surface area contributed by atoms with Gasteiger partial charge in [0.2, 0.25) is 0 Å². The predicted molar refractivity (Wildman–Crippen MR) is 76.7 cm³/mol. The van der Waals surface area contributed by atoms with E-state index in [1.807, 2.05) is 26.0 Å². The summed E-state index contributed by atoms with van der Waals surface area (Å²) in [7, 11) is 1.59. The van der Waals surface area contributed by atoms with Crippen molar-refractivity contribution in [2.24, 2.45) is 0 Å². The zero-order chi connectivity index (χ0) is 14.1. The van der Waals surface area contributed by atoms with Crippen molar-refractivity contribution in [1.82, 2.24) is 5.32 Å². The second kappa shape index (κ2) is 8.77. The van der Waals surface area contributed by atoms with Crippen LogP contribution in [0.3, 0.4) is 0 Å². The minimum absolute atomic E-state index is 0.273. The number of phenols is 1. The SMILES string of the molecule is COc1ccc(CNCCCCOC(C)C)c(O)c1. The first-order valence-electron chi connectivity index (χ1n) is 6.81. The van der Waals surface area contributed by atoms with Crippen molar-refractivity contribution in [2.75, 3.05) is 20.3 Å². The standard InChI is InChI=1S/C15H25NO3/c1-12(2)19-9-5-4-8-16-11-13-6-7-14(18-3)10-15(13)17/h6-7,10,12,16-17H,4-5,8-9,11H2,1-3H3. The molecule has 19 heavy (non-hydrogen) atoms. The molecule has 0 fully saturated rings. The normalized spacial score (nSPS) is 10.9. The molecule has 1 aromatic rings. The maximum Gasteiger partial charge on any atom is 0.123 e. The van der Waals surface area contributed by atoms with Crippen LogP contribution in [0.25, 0.3) is 0 Å². The van der Waals surface area contributed by atoms with Crippen LogP contribution in [-0.2, 0) is 11.3 Å². The summed E-state index contributed by atoms with van der Waals surface area (Å²) in [4.78, 5) is 0. The molecule has 0 aliphatic rings. The Hall–Kier alpha value is -1.26. The number of hydrogen-bond donors (Lipinski definition) is 2. The molecular formula is C15H25NO3. The van der Waals surface area contributed by atoms with Crippen LogP contribution in [-0.4, -0.2) is 31.5 Å². The molecule has 0 aromatic heterocycles. The Bertz CT molecular complexity index is 366. The molecule has 1 aromatic carbocycles. The van der Waals surface area contributed by atoms with Crippen molar-refractivity contribution in [1.29, 1.82) is 0 Å². The fraction of sp³-hybridized carbons (Fsp3) is 0.600. The second-order valence-corrected chi connectivity index (χ2v) is 4.80. The Labute approximate surface area is 115 Å². The van der Waals surface area contributed by atoms with E-state index in [0.717, 1.165) is 31.6 Å². The molecule has 4 nitrogen and oxygen atoms in total. The van der Waals surface area contributed by atoms with E-state index in [1.54, 1.807) is 13.2 Å². The molecule has 0 spiro atoms. The van der Waals surface area contributed by atoms with Gasteiger partial charge in [-0.25, -0.2) is 0 Å². The molecular weight excluding hydrogens is 242 g/mol. The highest BCUT2D eigenvalue weighted by atomic mass is 16.5. The zero-order valence-electron chi connectivity index (χ0n) is 12.1. The summed E-state index contributed by atoms with van der Waals surface area (Å²) in [6, 6.07) is 5.36. The van der Waals surface area contributed by atoms with E-state index >= 15 is 0 Å². The molecule has 0 atom stereocenters. The average molecular weight is 267 g/mol. The summed E-state index contributed by atoms with van der Waals surface area (Å²) >= 11 is 0. The molecule has 0 bridgehead atoms. The first-order valence-corrected chi connectivity index (χ1v) is 6.81. The highest BCUT2D eigenvalue weighted by molar-refractivity contribution is 5.39. The second-order valence-electron chi connectivity index (χ2n) is 4.80. The Morgan fingerprint density at radius 3 is 2.68 bits per heavy atom. The quantitative estimate of drug-likeness (QED) is 0.675. The number of aromatic hydroxyl groups is 1. The van der Waals surface area contributed by atoms with Crippen LogP contribution >= 0.6 is 0 Å². The van der Waals surface area contributed by atoms with Crippen molar-refractivity contribution >= 4 is 0 Å². The highest BCUT2D eigenvalue weighted by Crippen LogP contribution is 2.22. The topological polar surface area (TPSA) is 50.7 Å². The fourth-order valence-electron chi connectivity index (χ4n) is 1.71. The number of rotatable bonds is 9. The number of phenolic OH excluding ortho intramolecular Hbond substituents is 1. The van der Waals surface area contributed by atoms with E-state index in [4.69, 9.17) is 9.47 Å². The molecule has 108 valence electrons. The summed E-state index contributed by atoms with van der Waals surface area (Å²) < 4.78 is 10.5. The minimum Gasteiger partial charge on any atom is -0.507 e. The first kappa shape index (κ1) is 15.8. The van der Waals surface area contributed by atoms with Crippen molar-refractivity contribution in [3.63, 3.8) is 0 Å². The lowest BCUT2D eigenvalue weighted by Crippen LogP contribution is -2.15.